The molecule has 1 fully saturated rings. The molecule has 1 saturated heterocycles. The minimum Gasteiger partial charge on any atom is -0.361 e. The number of nitrogens with two attached hydrogens (primary N) is 1. The third-order valence-corrected chi connectivity index (χ3v) is 4.75. The second-order valence-corrected chi connectivity index (χ2v) is 6.60. The maximum atomic E-state index is 12.7. The Hall–Kier alpha value is -1.88. The topological polar surface area (TPSA) is 64.3 Å². The molecule has 1 heterocycles. The molecule has 1 amide bonds. The molecular weight excluding hydrogens is 324 g/mol. The van der Waals surface area contributed by atoms with Crippen molar-refractivity contribution < 1.29 is 9.53 Å². The number of rotatable bonds is 3. The van der Waals surface area contributed by atoms with Crippen LogP contribution in [-0.4, -0.2) is 25.1 Å². The Labute approximate surface area is 147 Å². The van der Waals surface area contributed by atoms with E-state index in [9.17, 15) is 4.79 Å². The zero-order chi connectivity index (χ0) is 17.2. The van der Waals surface area contributed by atoms with Crippen molar-refractivity contribution in [1.82, 2.24) is 5.32 Å². The fraction of sp³-hybridized carbons (Fsp3) is 0.316. The van der Waals surface area contributed by atoms with Crippen molar-refractivity contribution in [2.45, 2.75) is 25.0 Å². The quantitative estimate of drug-likeness (QED) is 0.899. The number of hydrogen-bond donors (Lipinski definition) is 2. The highest BCUT2D eigenvalue weighted by Crippen LogP contribution is 2.31. The average Bonchev–Trinajstić information content (AvgIpc) is 2.75. The van der Waals surface area contributed by atoms with Gasteiger partial charge in [0.25, 0.3) is 5.91 Å². The van der Waals surface area contributed by atoms with Gasteiger partial charge in [0.2, 0.25) is 0 Å². The first-order chi connectivity index (χ1) is 11.5. The van der Waals surface area contributed by atoms with Gasteiger partial charge in [-0.25, -0.2) is 0 Å². The van der Waals surface area contributed by atoms with E-state index in [1.165, 1.54) is 0 Å². The molecule has 3 rings (SSSR count). The molecule has 0 aromatic heterocycles. The summed E-state index contributed by atoms with van der Waals surface area (Å²) >= 11 is 5.96. The molecule has 1 aliphatic heterocycles. The van der Waals surface area contributed by atoms with Gasteiger partial charge in [0.1, 0.15) is 0 Å². The predicted octanol–water partition coefficient (Wildman–Crippen LogP) is 3.09. The molecule has 24 heavy (non-hydrogen) atoms. The van der Waals surface area contributed by atoms with Gasteiger partial charge >= 0.3 is 0 Å². The number of carbonyl (C=O) groups is 1. The van der Waals surface area contributed by atoms with Crippen LogP contribution in [0.25, 0.3) is 11.1 Å². The zero-order valence-corrected chi connectivity index (χ0v) is 14.3. The molecule has 0 bridgehead atoms. The van der Waals surface area contributed by atoms with Gasteiger partial charge in [-0.15, -0.1) is 0 Å². The van der Waals surface area contributed by atoms with Crippen molar-refractivity contribution in [1.29, 1.82) is 0 Å². The minimum atomic E-state index is -1.02. The third-order valence-electron chi connectivity index (χ3n) is 4.50. The highest BCUT2D eigenvalue weighted by Gasteiger charge is 2.39. The van der Waals surface area contributed by atoms with Crippen LogP contribution in [0, 0.1) is 0 Å². The second-order valence-electron chi connectivity index (χ2n) is 6.16. The molecule has 3 N–H and O–H groups in total. The average molecular weight is 345 g/mol. The third kappa shape index (κ3) is 3.31. The van der Waals surface area contributed by atoms with Crippen molar-refractivity contribution in [2.75, 3.05) is 13.2 Å². The lowest BCUT2D eigenvalue weighted by Crippen LogP contribution is -2.47. The Morgan fingerprint density at radius 2 is 2.00 bits per heavy atom. The van der Waals surface area contributed by atoms with Crippen LogP contribution >= 0.6 is 11.6 Å². The molecule has 2 aromatic rings. The van der Waals surface area contributed by atoms with E-state index in [2.05, 4.69) is 5.32 Å². The Morgan fingerprint density at radius 1 is 1.25 bits per heavy atom. The van der Waals surface area contributed by atoms with E-state index in [1.54, 1.807) is 0 Å². The van der Waals surface area contributed by atoms with Gasteiger partial charge in [-0.05, 0) is 48.2 Å². The van der Waals surface area contributed by atoms with Crippen LogP contribution in [0.5, 0.6) is 0 Å². The van der Waals surface area contributed by atoms with E-state index in [-0.39, 0.29) is 11.9 Å². The summed E-state index contributed by atoms with van der Waals surface area (Å²) in [6.45, 7) is 2.71. The van der Waals surface area contributed by atoms with Crippen molar-refractivity contribution in [3.05, 3.63) is 59.1 Å². The van der Waals surface area contributed by atoms with E-state index in [0.717, 1.165) is 16.7 Å². The van der Waals surface area contributed by atoms with E-state index >= 15 is 0 Å². The van der Waals surface area contributed by atoms with Crippen molar-refractivity contribution in [3.8, 4) is 11.1 Å². The zero-order valence-electron chi connectivity index (χ0n) is 13.6. The molecule has 0 saturated carbocycles. The van der Waals surface area contributed by atoms with E-state index in [1.807, 2.05) is 55.5 Å². The number of benzene rings is 2. The van der Waals surface area contributed by atoms with E-state index in [0.29, 0.717) is 24.6 Å². The fourth-order valence-electron chi connectivity index (χ4n) is 2.90. The maximum Gasteiger partial charge on any atom is 0.256 e. The summed E-state index contributed by atoms with van der Waals surface area (Å²) in [5.74, 6) is -0.149. The number of hydrogen-bond acceptors (Lipinski definition) is 3. The number of nitrogens with one attached hydrogen (secondary N) is 1. The molecular formula is C19H21ClN2O2. The molecule has 0 aliphatic carbocycles. The highest BCUT2D eigenvalue weighted by atomic mass is 35.5. The Balaban J connectivity index is 1.95. The first-order valence-electron chi connectivity index (χ1n) is 8.04. The monoisotopic (exact) mass is 344 g/mol. The number of halogens is 1. The summed E-state index contributed by atoms with van der Waals surface area (Å²) in [6, 6.07) is 15.4. The summed E-state index contributed by atoms with van der Waals surface area (Å²) in [4.78, 5) is 12.7. The molecule has 0 unspecified atom stereocenters. The molecule has 2 atom stereocenters. The second kappa shape index (κ2) is 6.93. The molecule has 0 radical (unpaired) electrons. The predicted molar refractivity (Wildman–Crippen MR) is 95.8 cm³/mol. The molecule has 0 spiro atoms. The first-order valence-corrected chi connectivity index (χ1v) is 8.42. The Morgan fingerprint density at radius 3 is 2.71 bits per heavy atom. The smallest absolute Gasteiger partial charge is 0.256 e. The number of amides is 1. The largest absolute Gasteiger partial charge is 0.361 e. The van der Waals surface area contributed by atoms with Crippen LogP contribution in [0.15, 0.2) is 48.5 Å². The lowest BCUT2D eigenvalue weighted by molar-refractivity contribution is -0.143. The number of ether oxygens (including phenoxy) is 1. The molecule has 4 nitrogen and oxygen atoms in total. The maximum absolute atomic E-state index is 12.7. The Kier molecular flexibility index (Phi) is 4.90. The van der Waals surface area contributed by atoms with Gasteiger partial charge in [-0.1, -0.05) is 41.9 Å². The van der Waals surface area contributed by atoms with Gasteiger partial charge in [0.15, 0.2) is 5.60 Å². The van der Waals surface area contributed by atoms with Gasteiger partial charge in [-0.3, -0.25) is 4.79 Å². The number of carbonyl (C=O) groups excluding carboxylic acids is 1. The van der Waals surface area contributed by atoms with E-state index in [4.69, 9.17) is 22.1 Å². The van der Waals surface area contributed by atoms with E-state index < -0.39 is 5.60 Å². The lowest BCUT2D eigenvalue weighted by atomic mass is 9.91. The molecule has 5 heteroatoms. The lowest BCUT2D eigenvalue weighted by Gasteiger charge is -2.27. The van der Waals surface area contributed by atoms with Crippen molar-refractivity contribution >= 4 is 17.5 Å². The Bertz CT molecular complexity index is 732. The summed E-state index contributed by atoms with van der Waals surface area (Å²) in [5, 5.41) is 3.67. The van der Waals surface area contributed by atoms with Crippen molar-refractivity contribution in [3.63, 3.8) is 0 Å². The summed E-state index contributed by atoms with van der Waals surface area (Å²) in [7, 11) is 0. The molecule has 2 aromatic carbocycles. The van der Waals surface area contributed by atoms with Gasteiger partial charge < -0.3 is 15.8 Å². The van der Waals surface area contributed by atoms with Gasteiger partial charge in [0.05, 0.1) is 6.61 Å². The standard InChI is InChI=1S/C19H21ClN2O2/c1-19(18(23)22-17(12-21)9-10-24-19)15-4-2-3-14(11-15)13-5-7-16(20)8-6-13/h2-8,11,17H,9-10,12,21H2,1H3,(H,22,23)/t17-,19+/m0/s1. The summed E-state index contributed by atoms with van der Waals surface area (Å²) < 4.78 is 5.94. The van der Waals surface area contributed by atoms with Crippen LogP contribution in [0.4, 0.5) is 0 Å². The van der Waals surface area contributed by atoms with Crippen LogP contribution in [0.2, 0.25) is 5.02 Å². The van der Waals surface area contributed by atoms with Crippen LogP contribution in [0.3, 0.4) is 0 Å². The highest BCUT2D eigenvalue weighted by molar-refractivity contribution is 6.30. The normalized spacial score (nSPS) is 24.3. The van der Waals surface area contributed by atoms with Crippen LogP contribution in [-0.2, 0) is 15.1 Å². The fourth-order valence-corrected chi connectivity index (χ4v) is 3.02. The minimum absolute atomic E-state index is 0.0428. The first kappa shape index (κ1) is 17.0. The molecule has 1 aliphatic rings. The van der Waals surface area contributed by atoms with Crippen LogP contribution < -0.4 is 11.1 Å². The molecule has 126 valence electrons. The summed E-state index contributed by atoms with van der Waals surface area (Å²) in [5.41, 5.74) is 7.55. The van der Waals surface area contributed by atoms with Gasteiger partial charge in [-0.2, -0.15) is 0 Å². The van der Waals surface area contributed by atoms with Crippen molar-refractivity contribution in [2.24, 2.45) is 5.73 Å². The SMILES string of the molecule is C[C@]1(c2cccc(-c3ccc(Cl)cc3)c2)OCC[C@@H](CN)NC1=O. The van der Waals surface area contributed by atoms with Gasteiger partial charge in [0, 0.05) is 17.6 Å². The van der Waals surface area contributed by atoms with Crippen LogP contribution in [0.1, 0.15) is 18.9 Å². The summed E-state index contributed by atoms with van der Waals surface area (Å²) in [6.07, 6.45) is 0.717.